The molecular weight excluding hydrogens is 268 g/mol. The van der Waals surface area contributed by atoms with E-state index >= 15 is 0 Å². The van der Waals surface area contributed by atoms with Gasteiger partial charge in [0.05, 0.1) is 0 Å². The number of hydrazone groups is 1. The Kier molecular flexibility index (Phi) is 5.48. The molecule has 0 fully saturated rings. The Morgan fingerprint density at radius 1 is 1.19 bits per heavy atom. The molecule has 16 heavy (non-hydrogen) atoms. The molecule has 94 valence electrons. The van der Waals surface area contributed by atoms with Gasteiger partial charge in [-0.15, -0.1) is 0 Å². The molecule has 1 atom stereocenters. The second-order valence-corrected chi connectivity index (χ2v) is 6.27. The van der Waals surface area contributed by atoms with Crippen LogP contribution in [0, 0.1) is 0 Å². The molecule has 6 heteroatoms. The van der Waals surface area contributed by atoms with E-state index in [1.165, 1.54) is 0 Å². The molecule has 0 aromatic rings. The van der Waals surface area contributed by atoms with Gasteiger partial charge in [-0.05, 0) is 12.8 Å². The van der Waals surface area contributed by atoms with Gasteiger partial charge in [0.2, 0.25) is 3.79 Å². The molecule has 3 nitrogen and oxygen atoms in total. The average Bonchev–Trinajstić information content (AvgIpc) is 2.58. The number of halogens is 3. The highest BCUT2D eigenvalue weighted by molar-refractivity contribution is 6.68. The van der Waals surface area contributed by atoms with Crippen LogP contribution < -0.4 is 0 Å². The van der Waals surface area contributed by atoms with Crippen molar-refractivity contribution in [3.05, 3.63) is 0 Å². The van der Waals surface area contributed by atoms with Crippen LogP contribution in [0.4, 0.5) is 0 Å². The van der Waals surface area contributed by atoms with Gasteiger partial charge in [0.25, 0.3) is 0 Å². The Morgan fingerprint density at radius 3 is 2.38 bits per heavy atom. The molecule has 0 aliphatic carbocycles. The summed E-state index contributed by atoms with van der Waals surface area (Å²) < 4.78 is -1.33. The van der Waals surface area contributed by atoms with Crippen LogP contribution in [0.2, 0.25) is 0 Å². The topological polar surface area (TPSA) is 18.8 Å². The molecule has 1 aliphatic heterocycles. The standard InChI is InChI=1S/C10H18Cl3N3/c1-3-5-7-15-8-14-16(6-4-2)9(15)10(11,12)13/h8-9H,3-7H2,1-2H3. The van der Waals surface area contributed by atoms with Crippen LogP contribution in [0.1, 0.15) is 33.1 Å². The van der Waals surface area contributed by atoms with Crippen LogP contribution >= 0.6 is 34.8 Å². The van der Waals surface area contributed by atoms with Crippen molar-refractivity contribution in [2.24, 2.45) is 5.10 Å². The highest BCUT2D eigenvalue weighted by Gasteiger charge is 2.43. The van der Waals surface area contributed by atoms with Crippen molar-refractivity contribution in [1.82, 2.24) is 9.91 Å². The molecule has 1 unspecified atom stereocenters. The van der Waals surface area contributed by atoms with E-state index in [0.29, 0.717) is 0 Å². The van der Waals surface area contributed by atoms with Crippen molar-refractivity contribution < 1.29 is 0 Å². The predicted molar refractivity (Wildman–Crippen MR) is 71.2 cm³/mol. The largest absolute Gasteiger partial charge is 0.336 e. The number of hydrogen-bond acceptors (Lipinski definition) is 3. The molecule has 0 saturated heterocycles. The third-order valence-electron chi connectivity index (χ3n) is 2.46. The van der Waals surface area contributed by atoms with E-state index in [2.05, 4.69) is 18.9 Å². The first-order chi connectivity index (χ1) is 7.50. The maximum absolute atomic E-state index is 6.01. The second-order valence-electron chi connectivity index (χ2n) is 3.90. The summed E-state index contributed by atoms with van der Waals surface area (Å²) in [5, 5.41) is 6.14. The fourth-order valence-corrected chi connectivity index (χ4v) is 2.43. The maximum atomic E-state index is 6.01. The van der Waals surface area contributed by atoms with Crippen molar-refractivity contribution in [1.29, 1.82) is 0 Å². The maximum Gasteiger partial charge on any atom is 0.230 e. The summed E-state index contributed by atoms with van der Waals surface area (Å²) in [6.45, 7) is 5.90. The lowest BCUT2D eigenvalue weighted by molar-refractivity contribution is 0.133. The lowest BCUT2D eigenvalue weighted by Crippen LogP contribution is -2.49. The summed E-state index contributed by atoms with van der Waals surface area (Å²) in [5.41, 5.74) is 0. The lowest BCUT2D eigenvalue weighted by Gasteiger charge is -2.35. The van der Waals surface area contributed by atoms with Crippen molar-refractivity contribution in [3.63, 3.8) is 0 Å². The normalized spacial score (nSPS) is 20.9. The number of nitrogens with zero attached hydrogens (tertiary/aromatic N) is 3. The third-order valence-corrected chi connectivity index (χ3v) is 3.05. The molecule has 0 aromatic heterocycles. The first-order valence-electron chi connectivity index (χ1n) is 5.64. The van der Waals surface area contributed by atoms with E-state index in [9.17, 15) is 0 Å². The Labute approximate surface area is 112 Å². The molecule has 0 spiro atoms. The molecule has 0 saturated carbocycles. The van der Waals surface area contributed by atoms with E-state index in [1.807, 2.05) is 9.91 Å². The Morgan fingerprint density at radius 2 is 1.88 bits per heavy atom. The van der Waals surface area contributed by atoms with Crippen LogP contribution in [0.5, 0.6) is 0 Å². The zero-order valence-electron chi connectivity index (χ0n) is 9.67. The van der Waals surface area contributed by atoms with Crippen molar-refractivity contribution in [2.75, 3.05) is 13.1 Å². The highest BCUT2D eigenvalue weighted by atomic mass is 35.6. The minimum absolute atomic E-state index is 0.274. The van der Waals surface area contributed by atoms with Gasteiger partial charge in [0, 0.05) is 13.1 Å². The second kappa shape index (κ2) is 6.18. The predicted octanol–water partition coefficient (Wildman–Crippen LogP) is 3.45. The van der Waals surface area contributed by atoms with E-state index in [-0.39, 0.29) is 6.17 Å². The fourth-order valence-electron chi connectivity index (χ4n) is 1.72. The fraction of sp³-hybridized carbons (Fsp3) is 0.900. The molecule has 1 aliphatic rings. The summed E-state index contributed by atoms with van der Waals surface area (Å²) in [5.74, 6) is 0. The van der Waals surface area contributed by atoms with Crippen molar-refractivity contribution in [3.8, 4) is 0 Å². The number of unbranched alkanes of at least 4 members (excludes halogenated alkanes) is 1. The summed E-state index contributed by atoms with van der Waals surface area (Å²) in [6, 6.07) is 0. The number of hydrogen-bond donors (Lipinski definition) is 0. The molecule has 0 amide bonds. The first-order valence-corrected chi connectivity index (χ1v) is 6.77. The summed E-state index contributed by atoms with van der Waals surface area (Å²) in [4.78, 5) is 2.01. The number of rotatable bonds is 5. The van der Waals surface area contributed by atoms with Gasteiger partial charge in [-0.3, -0.25) is 5.01 Å². The minimum atomic E-state index is -1.33. The molecule has 1 rings (SSSR count). The van der Waals surface area contributed by atoms with Gasteiger partial charge >= 0.3 is 0 Å². The zero-order chi connectivity index (χ0) is 12.2. The molecule has 0 N–H and O–H groups in total. The van der Waals surface area contributed by atoms with E-state index in [1.54, 1.807) is 6.34 Å². The van der Waals surface area contributed by atoms with Crippen molar-refractivity contribution >= 4 is 41.1 Å². The van der Waals surface area contributed by atoms with Crippen LogP contribution in [-0.4, -0.2) is 39.3 Å². The van der Waals surface area contributed by atoms with Crippen LogP contribution in [0.3, 0.4) is 0 Å². The number of alkyl halides is 3. The minimum Gasteiger partial charge on any atom is -0.336 e. The smallest absolute Gasteiger partial charge is 0.230 e. The van der Waals surface area contributed by atoms with Crippen LogP contribution in [-0.2, 0) is 0 Å². The van der Waals surface area contributed by atoms with E-state index < -0.39 is 3.79 Å². The van der Waals surface area contributed by atoms with Gasteiger partial charge in [0.15, 0.2) is 6.17 Å². The van der Waals surface area contributed by atoms with Gasteiger partial charge in [-0.1, -0.05) is 55.1 Å². The zero-order valence-corrected chi connectivity index (χ0v) is 11.9. The van der Waals surface area contributed by atoms with Gasteiger partial charge in [0.1, 0.15) is 6.34 Å². The van der Waals surface area contributed by atoms with Gasteiger partial charge in [-0.2, -0.15) is 5.10 Å². The molecular formula is C10H18Cl3N3. The summed E-state index contributed by atoms with van der Waals surface area (Å²) >= 11 is 18.0. The SMILES string of the molecule is CCCCN1C=NN(CCC)C1C(Cl)(Cl)Cl. The highest BCUT2D eigenvalue weighted by Crippen LogP contribution is 2.37. The van der Waals surface area contributed by atoms with E-state index in [0.717, 1.165) is 32.4 Å². The quantitative estimate of drug-likeness (QED) is 0.721. The van der Waals surface area contributed by atoms with Crippen molar-refractivity contribution in [2.45, 2.75) is 43.1 Å². The summed E-state index contributed by atoms with van der Waals surface area (Å²) in [6.07, 6.45) is 4.67. The van der Waals surface area contributed by atoms with Gasteiger partial charge in [-0.25, -0.2) is 0 Å². The Balaban J connectivity index is 2.68. The first kappa shape index (κ1) is 14.2. The molecule has 0 bridgehead atoms. The monoisotopic (exact) mass is 285 g/mol. The molecule has 0 radical (unpaired) electrons. The molecule has 0 aromatic carbocycles. The molecule has 1 heterocycles. The van der Waals surface area contributed by atoms with Crippen LogP contribution in [0.25, 0.3) is 0 Å². The summed E-state index contributed by atoms with van der Waals surface area (Å²) in [7, 11) is 0. The Hall–Kier alpha value is 0.140. The Bertz CT molecular complexity index is 240. The van der Waals surface area contributed by atoms with Gasteiger partial charge < -0.3 is 4.90 Å². The third kappa shape index (κ3) is 3.57. The lowest BCUT2D eigenvalue weighted by atomic mass is 10.3. The average molecular weight is 287 g/mol. The van der Waals surface area contributed by atoms with E-state index in [4.69, 9.17) is 34.8 Å². The van der Waals surface area contributed by atoms with Crippen LogP contribution in [0.15, 0.2) is 5.10 Å².